The quantitative estimate of drug-likeness (QED) is 0.847. The number of hydrogen-bond acceptors (Lipinski definition) is 4. The van der Waals surface area contributed by atoms with Gasteiger partial charge in [-0.2, -0.15) is 0 Å². The highest BCUT2D eigenvalue weighted by Gasteiger charge is 2.41. The van der Waals surface area contributed by atoms with Crippen LogP contribution in [0.5, 0.6) is 0 Å². The average Bonchev–Trinajstić information content (AvgIpc) is 3.51. The molecule has 4 rings (SSSR count). The van der Waals surface area contributed by atoms with Gasteiger partial charge in [0, 0.05) is 45.3 Å². The van der Waals surface area contributed by atoms with Crippen LogP contribution in [0.4, 0.5) is 4.39 Å². The lowest BCUT2D eigenvalue weighted by atomic mass is 9.96. The fourth-order valence-electron chi connectivity index (χ4n) is 3.82. The van der Waals surface area contributed by atoms with Crippen molar-refractivity contribution >= 4 is 10.0 Å². The van der Waals surface area contributed by atoms with Gasteiger partial charge < -0.3 is 5.32 Å². The molecule has 1 atom stereocenters. The van der Waals surface area contributed by atoms with Gasteiger partial charge in [0.05, 0.1) is 5.25 Å². The van der Waals surface area contributed by atoms with Crippen LogP contribution in [0.15, 0.2) is 30.3 Å². The highest BCUT2D eigenvalue weighted by molar-refractivity contribution is 7.90. The Morgan fingerprint density at radius 2 is 1.74 bits per heavy atom. The van der Waals surface area contributed by atoms with Crippen molar-refractivity contribution in [1.82, 2.24) is 14.5 Å². The maximum atomic E-state index is 12.2. The van der Waals surface area contributed by atoms with Crippen molar-refractivity contribution in [2.24, 2.45) is 5.92 Å². The van der Waals surface area contributed by atoms with E-state index >= 15 is 0 Å². The number of halogens is 1. The Bertz CT molecular complexity index is 674. The number of benzene rings is 1. The first kappa shape index (κ1) is 20.7. The first-order chi connectivity index (χ1) is 13.0. The Balaban J connectivity index is 0.000000253. The third-order valence-electron chi connectivity index (χ3n) is 5.74. The predicted octanol–water partition coefficient (Wildman–Crippen LogP) is 2.31. The normalized spacial score (nSPS) is 25.6. The SMILES string of the molecule is C[C@H]1CNCCN1CC1CCN(S(=O)(=O)C2CC2)CC1.Fc1ccccc1. The van der Waals surface area contributed by atoms with Crippen LogP contribution in [0.1, 0.15) is 32.6 Å². The largest absolute Gasteiger partial charge is 0.314 e. The summed E-state index contributed by atoms with van der Waals surface area (Å²) in [4.78, 5) is 2.56. The van der Waals surface area contributed by atoms with E-state index < -0.39 is 10.0 Å². The summed E-state index contributed by atoms with van der Waals surface area (Å²) in [6.07, 6.45) is 3.81. The second-order valence-corrected chi connectivity index (χ2v) is 10.1. The van der Waals surface area contributed by atoms with Crippen LogP contribution in [0, 0.1) is 11.7 Å². The molecule has 3 fully saturated rings. The lowest BCUT2D eigenvalue weighted by Gasteiger charge is -2.39. The summed E-state index contributed by atoms with van der Waals surface area (Å²) in [7, 11) is -2.95. The van der Waals surface area contributed by atoms with Crippen LogP contribution in [0.2, 0.25) is 0 Å². The van der Waals surface area contributed by atoms with Gasteiger partial charge in [-0.05, 0) is 50.7 Å². The van der Waals surface area contributed by atoms with Crippen molar-refractivity contribution in [3.63, 3.8) is 0 Å². The number of rotatable bonds is 4. The molecule has 2 aliphatic heterocycles. The summed E-state index contributed by atoms with van der Waals surface area (Å²) in [5.41, 5.74) is 0. The first-order valence-corrected chi connectivity index (χ1v) is 11.6. The Morgan fingerprint density at radius 3 is 2.26 bits per heavy atom. The minimum atomic E-state index is -2.95. The van der Waals surface area contributed by atoms with E-state index in [9.17, 15) is 12.8 Å². The van der Waals surface area contributed by atoms with Crippen LogP contribution in [-0.4, -0.2) is 68.2 Å². The van der Waals surface area contributed by atoms with Gasteiger partial charge >= 0.3 is 0 Å². The van der Waals surface area contributed by atoms with Gasteiger partial charge in [-0.15, -0.1) is 0 Å². The van der Waals surface area contributed by atoms with Gasteiger partial charge in [-0.3, -0.25) is 4.90 Å². The minimum Gasteiger partial charge on any atom is -0.314 e. The molecule has 0 aromatic heterocycles. The zero-order chi connectivity index (χ0) is 19.3. The number of piperidine rings is 1. The van der Waals surface area contributed by atoms with Crippen molar-refractivity contribution in [1.29, 1.82) is 0 Å². The molecular formula is C20H32FN3O2S. The fraction of sp³-hybridized carbons (Fsp3) is 0.700. The summed E-state index contributed by atoms with van der Waals surface area (Å²) in [6, 6.07) is 8.55. The summed E-state index contributed by atoms with van der Waals surface area (Å²) in [5, 5.41) is 3.37. The molecule has 152 valence electrons. The number of sulfonamides is 1. The van der Waals surface area contributed by atoms with Crippen molar-refractivity contribution in [2.75, 3.05) is 39.3 Å². The van der Waals surface area contributed by atoms with E-state index in [0.717, 1.165) is 65.0 Å². The van der Waals surface area contributed by atoms with Crippen LogP contribution >= 0.6 is 0 Å². The molecule has 1 aromatic rings. The predicted molar refractivity (Wildman–Crippen MR) is 107 cm³/mol. The van der Waals surface area contributed by atoms with E-state index in [4.69, 9.17) is 0 Å². The van der Waals surface area contributed by atoms with Crippen molar-refractivity contribution in [3.05, 3.63) is 36.1 Å². The molecular weight excluding hydrogens is 365 g/mol. The molecule has 3 aliphatic rings. The van der Waals surface area contributed by atoms with Gasteiger partial charge in [0.15, 0.2) is 0 Å². The number of nitrogens with one attached hydrogen (secondary N) is 1. The molecule has 7 heteroatoms. The molecule has 1 aliphatic carbocycles. The maximum absolute atomic E-state index is 12.2. The smallest absolute Gasteiger partial charge is 0.216 e. The molecule has 1 saturated carbocycles. The van der Waals surface area contributed by atoms with Gasteiger partial charge in [0.2, 0.25) is 10.0 Å². The molecule has 27 heavy (non-hydrogen) atoms. The lowest BCUT2D eigenvalue weighted by molar-refractivity contribution is 0.126. The van der Waals surface area contributed by atoms with Crippen LogP contribution in [0.25, 0.3) is 0 Å². The number of nitrogens with zero attached hydrogens (tertiary/aromatic N) is 2. The average molecular weight is 398 g/mol. The van der Waals surface area contributed by atoms with E-state index in [1.807, 2.05) is 0 Å². The highest BCUT2D eigenvalue weighted by Crippen LogP contribution is 2.33. The van der Waals surface area contributed by atoms with Crippen molar-refractivity contribution in [3.8, 4) is 0 Å². The topological polar surface area (TPSA) is 52.6 Å². The molecule has 0 amide bonds. The Morgan fingerprint density at radius 1 is 1.07 bits per heavy atom. The van der Waals surface area contributed by atoms with E-state index in [0.29, 0.717) is 12.0 Å². The molecule has 2 saturated heterocycles. The second-order valence-electron chi connectivity index (χ2n) is 7.93. The maximum Gasteiger partial charge on any atom is 0.216 e. The van der Waals surface area contributed by atoms with Crippen LogP contribution < -0.4 is 5.32 Å². The molecule has 5 nitrogen and oxygen atoms in total. The van der Waals surface area contributed by atoms with E-state index in [2.05, 4.69) is 17.1 Å². The third kappa shape index (κ3) is 5.98. The Hall–Kier alpha value is -1.02. The third-order valence-corrected chi connectivity index (χ3v) is 8.14. The monoisotopic (exact) mass is 397 g/mol. The van der Waals surface area contributed by atoms with Gasteiger partial charge in [0.1, 0.15) is 5.82 Å². The van der Waals surface area contributed by atoms with Gasteiger partial charge in [-0.25, -0.2) is 17.1 Å². The second kappa shape index (κ2) is 9.45. The minimum absolute atomic E-state index is 0.0489. The fourth-order valence-corrected chi connectivity index (χ4v) is 5.70. The van der Waals surface area contributed by atoms with E-state index in [1.54, 1.807) is 22.5 Å². The van der Waals surface area contributed by atoms with Crippen LogP contribution in [0.3, 0.4) is 0 Å². The Labute approximate surface area is 163 Å². The van der Waals surface area contributed by atoms with Crippen molar-refractivity contribution in [2.45, 2.75) is 43.9 Å². The molecule has 0 radical (unpaired) electrons. The van der Waals surface area contributed by atoms with E-state index in [-0.39, 0.29) is 11.1 Å². The molecule has 0 unspecified atom stereocenters. The number of hydrogen-bond donors (Lipinski definition) is 1. The molecule has 0 spiro atoms. The standard InChI is InChI=1S/C14H27N3O2S.C6H5F/c1-12-10-15-6-9-16(12)11-13-4-7-17(8-5-13)20(18,19)14-2-3-14;7-6-4-2-1-3-5-6/h12-15H,2-11H2,1H3;1-5H/t12-;/m0./s1. The number of piperazine rings is 1. The van der Waals surface area contributed by atoms with E-state index in [1.165, 1.54) is 12.1 Å². The lowest BCUT2D eigenvalue weighted by Crippen LogP contribution is -2.52. The van der Waals surface area contributed by atoms with Gasteiger partial charge in [0.25, 0.3) is 0 Å². The first-order valence-electron chi connectivity index (χ1n) is 10.1. The highest BCUT2D eigenvalue weighted by atomic mass is 32.2. The zero-order valence-corrected chi connectivity index (χ0v) is 17.0. The van der Waals surface area contributed by atoms with Gasteiger partial charge in [-0.1, -0.05) is 18.2 Å². The zero-order valence-electron chi connectivity index (χ0n) is 16.2. The summed E-state index contributed by atoms with van der Waals surface area (Å²) < 4.78 is 38.1. The van der Waals surface area contributed by atoms with Crippen LogP contribution in [-0.2, 0) is 10.0 Å². The molecule has 1 N–H and O–H groups in total. The summed E-state index contributed by atoms with van der Waals surface area (Å²) >= 11 is 0. The summed E-state index contributed by atoms with van der Waals surface area (Å²) in [6.45, 7) is 8.18. The van der Waals surface area contributed by atoms with Crippen molar-refractivity contribution < 1.29 is 12.8 Å². The summed E-state index contributed by atoms with van der Waals surface area (Å²) in [5.74, 6) is 0.490. The molecule has 2 heterocycles. The molecule has 1 aromatic carbocycles. The molecule has 0 bridgehead atoms. The Kier molecular flexibility index (Phi) is 7.25.